The number of benzene rings is 15. The maximum absolute atomic E-state index is 2.63. The summed E-state index contributed by atoms with van der Waals surface area (Å²) in [6, 6.07) is 132. The van der Waals surface area contributed by atoms with Crippen LogP contribution >= 0.6 is 0 Å². The van der Waals surface area contributed by atoms with Crippen LogP contribution in [-0.2, 0) is 5.41 Å². The largest absolute Gasteiger partial charge is 0.311 e. The molecule has 4 aliphatic rings. The number of para-hydroxylation sites is 2. The van der Waals surface area contributed by atoms with Crippen molar-refractivity contribution in [2.24, 2.45) is 0 Å². The third-order valence-electron chi connectivity index (χ3n) is 20.9. The van der Waals surface area contributed by atoms with Crippen LogP contribution in [0.4, 0.5) is 34.1 Å². The highest BCUT2D eigenvalue weighted by Crippen LogP contribution is 2.63. The Kier molecular flexibility index (Phi) is 11.8. The summed E-state index contributed by atoms with van der Waals surface area (Å²) in [4.78, 5) is 5.23. The molecule has 3 heterocycles. The number of aromatic nitrogens is 1. The van der Waals surface area contributed by atoms with Gasteiger partial charge in [-0.15, -0.1) is 0 Å². The summed E-state index contributed by atoms with van der Waals surface area (Å²) in [5, 5.41) is 2.47. The molecule has 440 valence electrons. The molecule has 2 aliphatic heterocycles. The van der Waals surface area contributed by atoms with E-state index in [-0.39, 0.29) is 6.71 Å². The highest BCUT2D eigenvalue weighted by atomic mass is 15.2. The Bertz CT molecular complexity index is 5660. The lowest BCUT2D eigenvalue weighted by molar-refractivity contribution is 0.794. The third kappa shape index (κ3) is 7.95. The molecule has 16 aromatic rings. The van der Waals surface area contributed by atoms with Crippen molar-refractivity contribution in [2.75, 3.05) is 9.80 Å². The second-order valence-electron chi connectivity index (χ2n) is 25.8. The molecule has 0 saturated carbocycles. The van der Waals surface area contributed by atoms with Gasteiger partial charge in [0, 0.05) is 50.6 Å². The van der Waals surface area contributed by atoms with Crippen LogP contribution in [0.5, 0.6) is 0 Å². The lowest BCUT2D eigenvalue weighted by Crippen LogP contribution is -2.61. The van der Waals surface area contributed by atoms with Gasteiger partial charge >= 0.3 is 0 Å². The van der Waals surface area contributed by atoms with Gasteiger partial charge in [-0.2, -0.15) is 0 Å². The molecule has 0 N–H and O–H groups in total. The monoisotopic (exact) mass is 1200 g/mol. The summed E-state index contributed by atoms with van der Waals surface area (Å²) < 4.78 is 2.45. The van der Waals surface area contributed by atoms with Crippen LogP contribution in [0, 0.1) is 0 Å². The summed E-state index contributed by atoms with van der Waals surface area (Å²) >= 11 is 0. The maximum atomic E-state index is 2.63. The van der Waals surface area contributed by atoms with Crippen molar-refractivity contribution in [1.29, 1.82) is 0 Å². The van der Waals surface area contributed by atoms with Gasteiger partial charge in [0.15, 0.2) is 0 Å². The van der Waals surface area contributed by atoms with E-state index in [2.05, 4.69) is 366 Å². The number of hydrogen-bond acceptors (Lipinski definition) is 2. The Balaban J connectivity index is 0.899. The van der Waals surface area contributed by atoms with Gasteiger partial charge in [0.25, 0.3) is 6.71 Å². The summed E-state index contributed by atoms with van der Waals surface area (Å²) in [6.45, 7) is -0.181. The van der Waals surface area contributed by atoms with E-state index < -0.39 is 5.41 Å². The van der Waals surface area contributed by atoms with Gasteiger partial charge < -0.3 is 14.4 Å². The van der Waals surface area contributed by atoms with Crippen LogP contribution in [-0.4, -0.2) is 11.3 Å². The van der Waals surface area contributed by atoms with E-state index in [9.17, 15) is 0 Å². The topological polar surface area (TPSA) is 11.4 Å². The standard InChI is InChI=1S/C91H58BN3/c1-5-24-59(25-6-1)63-44-48-86-82(53-63)92-83-54-64(60-26-7-2-8-27-60)45-49-87(83)95(71-46-47-81-77(58-71)74-36-15-20-41-80(74)91(81)78-39-18-13-34-72(78)73-35-14-19-40-79(73)91)89-56-68(67-51-65(61-28-9-3-10-29-61)50-66(52-67)62-30-11-4-12-31-62)55-88(90(89)92)94(86)70-33-23-32-69(57-70)93-84-42-21-16-37-75(84)76-38-17-22-43-85(76)93/h1-58H. The molecule has 0 radical (unpaired) electrons. The summed E-state index contributed by atoms with van der Waals surface area (Å²) in [6.07, 6.45) is 0. The summed E-state index contributed by atoms with van der Waals surface area (Å²) in [5.41, 5.74) is 35.6. The Morgan fingerprint density at radius 1 is 0.221 bits per heavy atom. The van der Waals surface area contributed by atoms with E-state index in [4.69, 9.17) is 0 Å². The fourth-order valence-corrected chi connectivity index (χ4v) is 16.9. The highest BCUT2D eigenvalue weighted by Gasteiger charge is 2.52. The molecule has 2 aliphatic carbocycles. The Labute approximate surface area is 553 Å². The first-order chi connectivity index (χ1) is 47.1. The number of anilines is 6. The Morgan fingerprint density at radius 3 is 1.09 bits per heavy atom. The molecule has 0 atom stereocenters. The molecule has 0 saturated heterocycles. The first-order valence-electron chi connectivity index (χ1n) is 33.1. The van der Waals surface area contributed by atoms with Crippen LogP contribution in [0.15, 0.2) is 352 Å². The highest BCUT2D eigenvalue weighted by molar-refractivity contribution is 7.00. The fourth-order valence-electron chi connectivity index (χ4n) is 16.9. The van der Waals surface area contributed by atoms with Crippen molar-refractivity contribution in [3.05, 3.63) is 374 Å². The zero-order chi connectivity index (χ0) is 62.3. The summed E-state index contributed by atoms with van der Waals surface area (Å²) in [7, 11) is 0. The molecule has 0 amide bonds. The van der Waals surface area contributed by atoms with Crippen LogP contribution in [0.25, 0.3) is 105 Å². The molecule has 3 nitrogen and oxygen atoms in total. The molecule has 0 fully saturated rings. The van der Waals surface area contributed by atoms with Crippen LogP contribution < -0.4 is 26.2 Å². The van der Waals surface area contributed by atoms with Gasteiger partial charge in [-0.25, -0.2) is 0 Å². The predicted octanol–water partition coefficient (Wildman–Crippen LogP) is 21.5. The first-order valence-corrected chi connectivity index (χ1v) is 33.1. The maximum Gasteiger partial charge on any atom is 0.252 e. The third-order valence-corrected chi connectivity index (χ3v) is 20.9. The Hall–Kier alpha value is -12.2. The van der Waals surface area contributed by atoms with Crippen molar-refractivity contribution in [1.82, 2.24) is 4.57 Å². The number of hydrogen-bond donors (Lipinski definition) is 0. The van der Waals surface area contributed by atoms with Gasteiger partial charge in [0.1, 0.15) is 0 Å². The van der Waals surface area contributed by atoms with Crippen LogP contribution in [0.2, 0.25) is 0 Å². The summed E-state index contributed by atoms with van der Waals surface area (Å²) in [5.74, 6) is 0. The molecular weight excluding hydrogens is 1150 g/mol. The SMILES string of the molecule is c1ccc(-c2cc(-c3ccccc3)cc(-c3cc4c5c(c3)N(c3ccc6c(c3)-c3ccccc3C63c6ccccc6-c6ccccc63)c3ccc(-c6ccccc6)cc3B5c3cc(-c5ccccc5)ccc3N4c3cccc(-n4c5ccccc5c5ccccc54)c3)c2)cc1. The van der Waals surface area contributed by atoms with Gasteiger partial charge in [0.2, 0.25) is 0 Å². The molecule has 15 aromatic carbocycles. The average molecular weight is 1200 g/mol. The molecule has 95 heavy (non-hydrogen) atoms. The van der Waals surface area contributed by atoms with Crippen molar-refractivity contribution in [3.63, 3.8) is 0 Å². The average Bonchev–Trinajstić information content (AvgIpc) is 1.61. The van der Waals surface area contributed by atoms with E-state index in [1.165, 1.54) is 116 Å². The van der Waals surface area contributed by atoms with E-state index in [1.807, 2.05) is 0 Å². The second kappa shape index (κ2) is 20.9. The number of fused-ring (bicyclic) bond motifs is 17. The number of nitrogens with zero attached hydrogens (tertiary/aromatic N) is 3. The molecule has 0 unspecified atom stereocenters. The van der Waals surface area contributed by atoms with Crippen LogP contribution in [0.1, 0.15) is 22.3 Å². The lowest BCUT2D eigenvalue weighted by atomic mass is 9.33. The molecule has 0 bridgehead atoms. The van der Waals surface area contributed by atoms with E-state index >= 15 is 0 Å². The zero-order valence-corrected chi connectivity index (χ0v) is 51.9. The first kappa shape index (κ1) is 53.4. The van der Waals surface area contributed by atoms with E-state index in [0.717, 1.165) is 62.1 Å². The van der Waals surface area contributed by atoms with Gasteiger partial charge in [-0.3, -0.25) is 0 Å². The van der Waals surface area contributed by atoms with Gasteiger partial charge in [-0.1, -0.05) is 267 Å². The smallest absolute Gasteiger partial charge is 0.252 e. The van der Waals surface area contributed by atoms with E-state index in [0.29, 0.717) is 0 Å². The van der Waals surface area contributed by atoms with Gasteiger partial charge in [-0.05, 0) is 201 Å². The minimum Gasteiger partial charge on any atom is -0.311 e. The quantitative estimate of drug-likeness (QED) is 0.141. The lowest BCUT2D eigenvalue weighted by Gasteiger charge is -2.45. The molecule has 20 rings (SSSR count). The molecule has 1 aromatic heterocycles. The van der Waals surface area contributed by atoms with Crippen molar-refractivity contribution in [2.45, 2.75) is 5.41 Å². The van der Waals surface area contributed by atoms with Gasteiger partial charge in [0.05, 0.1) is 16.4 Å². The Morgan fingerprint density at radius 2 is 0.600 bits per heavy atom. The molecule has 1 spiro atoms. The fraction of sp³-hybridized carbons (Fsp3) is 0.0110. The molecule has 4 heteroatoms. The minimum absolute atomic E-state index is 0.181. The van der Waals surface area contributed by atoms with Crippen molar-refractivity contribution in [3.8, 4) is 83.6 Å². The van der Waals surface area contributed by atoms with Crippen molar-refractivity contribution >= 4 is 79.0 Å². The number of rotatable bonds is 8. The predicted molar refractivity (Wildman–Crippen MR) is 398 cm³/mol. The minimum atomic E-state index is -0.485. The second-order valence-corrected chi connectivity index (χ2v) is 25.8. The zero-order valence-electron chi connectivity index (χ0n) is 51.9. The molecular formula is C91H58BN3. The normalized spacial score (nSPS) is 13.3. The van der Waals surface area contributed by atoms with Crippen LogP contribution in [0.3, 0.4) is 0 Å². The van der Waals surface area contributed by atoms with E-state index in [1.54, 1.807) is 0 Å². The van der Waals surface area contributed by atoms with Crippen molar-refractivity contribution < 1.29 is 0 Å².